The molecule has 0 fully saturated rings. The van der Waals surface area contributed by atoms with Crippen LogP contribution in [0.25, 0.3) is 0 Å². The van der Waals surface area contributed by atoms with Crippen LogP contribution in [0.3, 0.4) is 0 Å². The predicted octanol–water partition coefficient (Wildman–Crippen LogP) is 4.85. The molecule has 0 bridgehead atoms. The highest BCUT2D eigenvalue weighted by atomic mass is 35.5. The standard InChI is InChI=1S/C19H20ClNO3/c1-3-7-15-10-14(12-21-22)11-18(23-4-2)19(15)24-13-16-8-5-6-9-17(16)20/h3,5-6,8-12,22H,1,4,7,13H2,2H3/b21-12-. The second-order valence-corrected chi connectivity index (χ2v) is 5.46. The zero-order valence-electron chi connectivity index (χ0n) is 13.5. The van der Waals surface area contributed by atoms with Crippen molar-refractivity contribution in [2.75, 3.05) is 6.61 Å². The fourth-order valence-corrected chi connectivity index (χ4v) is 2.51. The van der Waals surface area contributed by atoms with Gasteiger partial charge in [0, 0.05) is 21.7 Å². The van der Waals surface area contributed by atoms with Crippen molar-refractivity contribution in [3.8, 4) is 11.5 Å². The lowest BCUT2D eigenvalue weighted by Gasteiger charge is -2.17. The smallest absolute Gasteiger partial charge is 0.165 e. The SMILES string of the molecule is C=CCc1cc(/C=N\O)cc(OCC)c1OCc1ccccc1Cl. The van der Waals surface area contributed by atoms with Gasteiger partial charge in [0.1, 0.15) is 6.61 Å². The van der Waals surface area contributed by atoms with Crippen molar-refractivity contribution in [1.29, 1.82) is 0 Å². The Morgan fingerprint density at radius 1 is 1.21 bits per heavy atom. The minimum atomic E-state index is 0.331. The molecule has 0 amide bonds. The third-order valence-corrected chi connectivity index (χ3v) is 3.72. The second-order valence-electron chi connectivity index (χ2n) is 5.06. The van der Waals surface area contributed by atoms with Gasteiger partial charge in [0.05, 0.1) is 12.8 Å². The third kappa shape index (κ3) is 4.52. The number of oxime groups is 1. The molecular weight excluding hydrogens is 326 g/mol. The molecule has 4 nitrogen and oxygen atoms in total. The lowest BCUT2D eigenvalue weighted by atomic mass is 10.1. The van der Waals surface area contributed by atoms with Gasteiger partial charge in [-0.2, -0.15) is 0 Å². The molecule has 5 heteroatoms. The molecule has 0 aliphatic carbocycles. The van der Waals surface area contributed by atoms with Crippen molar-refractivity contribution < 1.29 is 14.7 Å². The fraction of sp³-hybridized carbons (Fsp3) is 0.211. The predicted molar refractivity (Wildman–Crippen MR) is 96.7 cm³/mol. The summed E-state index contributed by atoms with van der Waals surface area (Å²) >= 11 is 6.19. The Morgan fingerprint density at radius 2 is 2.00 bits per heavy atom. The summed E-state index contributed by atoms with van der Waals surface area (Å²) in [5.74, 6) is 1.24. The van der Waals surface area contributed by atoms with Crippen LogP contribution in [0.4, 0.5) is 0 Å². The lowest BCUT2D eigenvalue weighted by Crippen LogP contribution is -2.04. The van der Waals surface area contributed by atoms with Gasteiger partial charge in [0.15, 0.2) is 11.5 Å². The van der Waals surface area contributed by atoms with Crippen molar-refractivity contribution >= 4 is 17.8 Å². The molecule has 0 spiro atoms. The van der Waals surface area contributed by atoms with Gasteiger partial charge in [-0.25, -0.2) is 0 Å². The second kappa shape index (κ2) is 8.99. The Labute approximate surface area is 147 Å². The van der Waals surface area contributed by atoms with E-state index < -0.39 is 0 Å². The Morgan fingerprint density at radius 3 is 2.67 bits per heavy atom. The summed E-state index contributed by atoms with van der Waals surface area (Å²) in [7, 11) is 0. The topological polar surface area (TPSA) is 51.1 Å². The number of halogens is 1. The maximum atomic E-state index is 8.78. The van der Waals surface area contributed by atoms with Crippen LogP contribution in [0, 0.1) is 0 Å². The first-order chi connectivity index (χ1) is 11.7. The van der Waals surface area contributed by atoms with E-state index in [1.54, 1.807) is 12.1 Å². The highest BCUT2D eigenvalue weighted by Gasteiger charge is 2.14. The summed E-state index contributed by atoms with van der Waals surface area (Å²) in [6, 6.07) is 11.2. The van der Waals surface area contributed by atoms with Crippen LogP contribution < -0.4 is 9.47 Å². The number of nitrogens with zero attached hydrogens (tertiary/aromatic N) is 1. The first kappa shape index (κ1) is 17.9. The molecule has 24 heavy (non-hydrogen) atoms. The summed E-state index contributed by atoms with van der Waals surface area (Å²) in [4.78, 5) is 0. The fourth-order valence-electron chi connectivity index (χ4n) is 2.32. The van der Waals surface area contributed by atoms with Crippen molar-refractivity contribution in [2.24, 2.45) is 5.16 Å². The molecule has 0 saturated heterocycles. The van der Waals surface area contributed by atoms with Gasteiger partial charge in [-0.3, -0.25) is 0 Å². The summed E-state index contributed by atoms with van der Waals surface area (Å²) < 4.78 is 11.7. The average Bonchev–Trinajstić information content (AvgIpc) is 2.56. The Balaban J connectivity index is 2.37. The average molecular weight is 346 g/mol. The van der Waals surface area contributed by atoms with Crippen LogP contribution in [0.1, 0.15) is 23.6 Å². The Hall–Kier alpha value is -2.46. The molecule has 0 atom stereocenters. The van der Waals surface area contributed by atoms with E-state index in [4.69, 9.17) is 26.3 Å². The van der Waals surface area contributed by atoms with Gasteiger partial charge in [-0.1, -0.05) is 41.0 Å². The molecule has 0 radical (unpaired) electrons. The van der Waals surface area contributed by atoms with E-state index in [1.807, 2.05) is 37.3 Å². The minimum Gasteiger partial charge on any atom is -0.490 e. The van der Waals surface area contributed by atoms with Crippen molar-refractivity contribution in [2.45, 2.75) is 20.0 Å². The van der Waals surface area contributed by atoms with Gasteiger partial charge in [-0.05, 0) is 31.5 Å². The Kier molecular flexibility index (Phi) is 6.70. The van der Waals surface area contributed by atoms with E-state index in [0.29, 0.717) is 36.2 Å². The summed E-state index contributed by atoms with van der Waals surface area (Å²) in [5.41, 5.74) is 2.52. The lowest BCUT2D eigenvalue weighted by molar-refractivity contribution is 0.267. The first-order valence-corrected chi connectivity index (χ1v) is 8.01. The van der Waals surface area contributed by atoms with E-state index in [1.165, 1.54) is 6.21 Å². The van der Waals surface area contributed by atoms with Crippen molar-refractivity contribution in [3.05, 3.63) is 70.8 Å². The normalized spacial score (nSPS) is 10.8. The van der Waals surface area contributed by atoms with Crippen LogP contribution in [0.5, 0.6) is 11.5 Å². The molecule has 2 aromatic carbocycles. The molecule has 0 unspecified atom stereocenters. The zero-order chi connectivity index (χ0) is 17.4. The van der Waals surface area contributed by atoms with Gasteiger partial charge >= 0.3 is 0 Å². The molecular formula is C19H20ClNO3. The van der Waals surface area contributed by atoms with E-state index in [9.17, 15) is 0 Å². The van der Waals surface area contributed by atoms with Gasteiger partial charge < -0.3 is 14.7 Å². The number of ether oxygens (including phenoxy) is 2. The van der Waals surface area contributed by atoms with Crippen molar-refractivity contribution in [1.82, 2.24) is 0 Å². The van der Waals surface area contributed by atoms with Gasteiger partial charge in [0.25, 0.3) is 0 Å². The molecule has 0 aromatic heterocycles. The van der Waals surface area contributed by atoms with E-state index in [2.05, 4.69) is 11.7 Å². The molecule has 0 aliphatic rings. The van der Waals surface area contributed by atoms with E-state index in [0.717, 1.165) is 16.7 Å². The largest absolute Gasteiger partial charge is 0.490 e. The number of allylic oxidation sites excluding steroid dienone is 1. The highest BCUT2D eigenvalue weighted by molar-refractivity contribution is 6.31. The van der Waals surface area contributed by atoms with Crippen LogP contribution in [0.15, 0.2) is 54.2 Å². The molecule has 0 aliphatic heterocycles. The van der Waals surface area contributed by atoms with Gasteiger partial charge in [-0.15, -0.1) is 6.58 Å². The number of rotatable bonds is 8. The zero-order valence-corrected chi connectivity index (χ0v) is 14.3. The van der Waals surface area contributed by atoms with Crippen LogP contribution in [-0.4, -0.2) is 18.0 Å². The first-order valence-electron chi connectivity index (χ1n) is 7.63. The van der Waals surface area contributed by atoms with E-state index >= 15 is 0 Å². The maximum absolute atomic E-state index is 8.78. The highest BCUT2D eigenvalue weighted by Crippen LogP contribution is 2.34. The quantitative estimate of drug-likeness (QED) is 0.322. The third-order valence-electron chi connectivity index (χ3n) is 3.35. The molecule has 0 heterocycles. The summed E-state index contributed by atoms with van der Waals surface area (Å²) in [6.07, 6.45) is 3.74. The molecule has 2 rings (SSSR count). The molecule has 2 aromatic rings. The summed E-state index contributed by atoms with van der Waals surface area (Å²) in [6.45, 7) is 6.51. The monoisotopic (exact) mass is 345 g/mol. The van der Waals surface area contributed by atoms with Gasteiger partial charge in [0.2, 0.25) is 0 Å². The Bertz CT molecular complexity index is 729. The maximum Gasteiger partial charge on any atom is 0.165 e. The van der Waals surface area contributed by atoms with Crippen LogP contribution in [0.2, 0.25) is 5.02 Å². The number of hydrogen-bond donors (Lipinski definition) is 1. The molecule has 0 saturated carbocycles. The minimum absolute atomic E-state index is 0.331. The van der Waals surface area contributed by atoms with Crippen LogP contribution in [-0.2, 0) is 13.0 Å². The summed E-state index contributed by atoms with van der Waals surface area (Å²) in [5, 5.41) is 12.5. The van der Waals surface area contributed by atoms with Crippen LogP contribution >= 0.6 is 11.6 Å². The number of benzene rings is 2. The van der Waals surface area contributed by atoms with E-state index in [-0.39, 0.29) is 0 Å². The number of hydrogen-bond acceptors (Lipinski definition) is 4. The van der Waals surface area contributed by atoms with Crippen molar-refractivity contribution in [3.63, 3.8) is 0 Å². The molecule has 126 valence electrons. The molecule has 1 N–H and O–H groups in total.